The lowest BCUT2D eigenvalue weighted by molar-refractivity contribution is 0.00431. The van der Waals surface area contributed by atoms with Crippen LogP contribution >= 0.6 is 0 Å². The highest BCUT2D eigenvalue weighted by Gasteiger charge is 2.40. The summed E-state index contributed by atoms with van der Waals surface area (Å²) in [7, 11) is 0. The number of aliphatic hydroxyl groups is 1. The third kappa shape index (κ3) is 2.31. The van der Waals surface area contributed by atoms with Crippen LogP contribution < -0.4 is 5.73 Å². The molecule has 1 saturated carbocycles. The van der Waals surface area contributed by atoms with Gasteiger partial charge < -0.3 is 10.8 Å². The summed E-state index contributed by atoms with van der Waals surface area (Å²) in [5.74, 6) is 0.494. The van der Waals surface area contributed by atoms with Crippen LogP contribution in [-0.4, -0.2) is 21.5 Å². The number of aromatic nitrogens is 1. The summed E-state index contributed by atoms with van der Waals surface area (Å²) in [6.45, 7) is 2.14. The Morgan fingerprint density at radius 1 is 1.53 bits per heavy atom. The number of anilines is 1. The van der Waals surface area contributed by atoms with Crippen molar-refractivity contribution in [3.05, 3.63) is 23.9 Å². The average Bonchev–Trinajstić information content (AvgIpc) is 2.33. The van der Waals surface area contributed by atoms with E-state index in [1.165, 1.54) is 0 Å². The zero-order valence-corrected chi connectivity index (χ0v) is 10.0. The average molecular weight is 234 g/mol. The fourth-order valence-electron chi connectivity index (χ4n) is 2.33. The van der Waals surface area contributed by atoms with Crippen molar-refractivity contribution in [3.63, 3.8) is 0 Å². The molecular formula is C13H18N2O2. The first-order chi connectivity index (χ1) is 8.03. The largest absolute Gasteiger partial charge is 0.383 e. The van der Waals surface area contributed by atoms with E-state index in [4.69, 9.17) is 5.73 Å². The minimum atomic E-state index is -1.25. The monoisotopic (exact) mass is 234 g/mol. The lowest BCUT2D eigenvalue weighted by Crippen LogP contribution is -2.42. The number of Topliss-reactive ketones (excluding diaryl/α,β-unsaturated/α-hetero) is 1. The Hall–Kier alpha value is -1.42. The zero-order valence-electron chi connectivity index (χ0n) is 10.0. The minimum Gasteiger partial charge on any atom is -0.383 e. The Labute approximate surface area is 101 Å². The number of nitrogen functional groups attached to an aromatic ring is 1. The van der Waals surface area contributed by atoms with Gasteiger partial charge in [0.05, 0.1) is 5.56 Å². The van der Waals surface area contributed by atoms with Gasteiger partial charge >= 0.3 is 0 Å². The lowest BCUT2D eigenvalue weighted by Gasteiger charge is -2.33. The van der Waals surface area contributed by atoms with Gasteiger partial charge in [-0.1, -0.05) is 6.92 Å². The maximum Gasteiger partial charge on any atom is 0.198 e. The molecule has 1 aliphatic carbocycles. The summed E-state index contributed by atoms with van der Waals surface area (Å²) in [5, 5.41) is 10.4. The second kappa shape index (κ2) is 4.45. The van der Waals surface area contributed by atoms with E-state index in [1.54, 1.807) is 18.3 Å². The van der Waals surface area contributed by atoms with E-state index in [2.05, 4.69) is 11.9 Å². The number of pyridine rings is 1. The van der Waals surface area contributed by atoms with Crippen molar-refractivity contribution < 1.29 is 9.90 Å². The summed E-state index contributed by atoms with van der Waals surface area (Å²) in [6, 6.07) is 3.29. The fraction of sp³-hybridized carbons (Fsp3) is 0.538. The number of hydrogen-bond acceptors (Lipinski definition) is 4. The Morgan fingerprint density at radius 3 is 2.76 bits per heavy atom. The van der Waals surface area contributed by atoms with E-state index < -0.39 is 5.60 Å². The van der Waals surface area contributed by atoms with E-state index in [1.807, 2.05) is 0 Å². The SMILES string of the molecule is CC1CCC(O)(C(=O)c2cccnc2N)CC1. The van der Waals surface area contributed by atoms with Gasteiger partial charge in [-0.05, 0) is 43.7 Å². The molecule has 1 aliphatic rings. The molecule has 0 amide bonds. The summed E-state index contributed by atoms with van der Waals surface area (Å²) >= 11 is 0. The van der Waals surface area contributed by atoms with E-state index >= 15 is 0 Å². The number of carbonyl (C=O) groups is 1. The Balaban J connectivity index is 2.23. The molecule has 4 nitrogen and oxygen atoms in total. The first-order valence-electron chi connectivity index (χ1n) is 6.00. The second-order valence-corrected chi connectivity index (χ2v) is 4.98. The van der Waals surface area contributed by atoms with Crippen LogP contribution in [0.15, 0.2) is 18.3 Å². The van der Waals surface area contributed by atoms with Gasteiger partial charge in [-0.2, -0.15) is 0 Å². The molecule has 17 heavy (non-hydrogen) atoms. The van der Waals surface area contributed by atoms with E-state index in [0.717, 1.165) is 12.8 Å². The van der Waals surface area contributed by atoms with Gasteiger partial charge in [0.15, 0.2) is 5.78 Å². The molecular weight excluding hydrogens is 216 g/mol. The minimum absolute atomic E-state index is 0.199. The molecule has 1 fully saturated rings. The van der Waals surface area contributed by atoms with Crippen LogP contribution in [0.1, 0.15) is 43.0 Å². The molecule has 1 heterocycles. The van der Waals surface area contributed by atoms with Crippen LogP contribution in [-0.2, 0) is 0 Å². The molecule has 0 spiro atoms. The number of ketones is 1. The van der Waals surface area contributed by atoms with Crippen LogP contribution in [0.5, 0.6) is 0 Å². The van der Waals surface area contributed by atoms with Gasteiger partial charge in [0, 0.05) is 6.20 Å². The van der Waals surface area contributed by atoms with Crippen molar-refractivity contribution >= 4 is 11.6 Å². The number of hydrogen-bond donors (Lipinski definition) is 2. The summed E-state index contributed by atoms with van der Waals surface area (Å²) in [6.07, 6.45) is 4.33. The van der Waals surface area contributed by atoms with Crippen molar-refractivity contribution in [3.8, 4) is 0 Å². The summed E-state index contributed by atoms with van der Waals surface area (Å²) in [4.78, 5) is 16.2. The molecule has 3 N–H and O–H groups in total. The van der Waals surface area contributed by atoms with Crippen LogP contribution in [0.4, 0.5) is 5.82 Å². The molecule has 4 heteroatoms. The molecule has 0 saturated heterocycles. The summed E-state index contributed by atoms with van der Waals surface area (Å²) < 4.78 is 0. The second-order valence-electron chi connectivity index (χ2n) is 4.98. The topological polar surface area (TPSA) is 76.2 Å². The van der Waals surface area contributed by atoms with Crippen LogP contribution in [0.25, 0.3) is 0 Å². The lowest BCUT2D eigenvalue weighted by atomic mass is 9.76. The normalized spacial score (nSPS) is 28.9. The maximum atomic E-state index is 12.3. The zero-order chi connectivity index (χ0) is 12.5. The van der Waals surface area contributed by atoms with Crippen molar-refractivity contribution in [2.45, 2.75) is 38.2 Å². The molecule has 0 unspecified atom stereocenters. The van der Waals surface area contributed by atoms with Gasteiger partial charge in [0.2, 0.25) is 0 Å². The van der Waals surface area contributed by atoms with Crippen LogP contribution in [0.2, 0.25) is 0 Å². The fourth-order valence-corrected chi connectivity index (χ4v) is 2.33. The van der Waals surface area contributed by atoms with Crippen molar-refractivity contribution in [1.82, 2.24) is 4.98 Å². The quantitative estimate of drug-likeness (QED) is 0.765. The number of nitrogens with zero attached hydrogens (tertiary/aromatic N) is 1. The van der Waals surface area contributed by atoms with Crippen molar-refractivity contribution in [2.75, 3.05) is 5.73 Å². The van der Waals surface area contributed by atoms with Crippen LogP contribution in [0, 0.1) is 5.92 Å². The molecule has 1 aromatic rings. The van der Waals surface area contributed by atoms with Gasteiger partial charge in [-0.15, -0.1) is 0 Å². The third-order valence-electron chi connectivity index (χ3n) is 3.61. The van der Waals surface area contributed by atoms with E-state index in [9.17, 15) is 9.90 Å². The number of carbonyl (C=O) groups excluding carboxylic acids is 1. The van der Waals surface area contributed by atoms with Gasteiger partial charge in [-0.3, -0.25) is 4.79 Å². The van der Waals surface area contributed by atoms with E-state index in [-0.39, 0.29) is 11.6 Å². The first-order valence-corrected chi connectivity index (χ1v) is 6.00. The van der Waals surface area contributed by atoms with Crippen LogP contribution in [0.3, 0.4) is 0 Å². The molecule has 1 aromatic heterocycles. The third-order valence-corrected chi connectivity index (χ3v) is 3.61. The highest BCUT2D eigenvalue weighted by Crippen LogP contribution is 2.34. The highest BCUT2D eigenvalue weighted by molar-refractivity contribution is 6.05. The smallest absolute Gasteiger partial charge is 0.198 e. The van der Waals surface area contributed by atoms with Crippen molar-refractivity contribution in [2.24, 2.45) is 5.92 Å². The van der Waals surface area contributed by atoms with E-state index in [0.29, 0.717) is 24.3 Å². The number of nitrogens with two attached hydrogens (primary N) is 1. The van der Waals surface area contributed by atoms with Crippen molar-refractivity contribution in [1.29, 1.82) is 0 Å². The Bertz CT molecular complexity index is 423. The molecule has 92 valence electrons. The molecule has 0 atom stereocenters. The molecule has 0 bridgehead atoms. The summed E-state index contributed by atoms with van der Waals surface area (Å²) in [5.41, 5.74) is 4.76. The maximum absolute atomic E-state index is 12.3. The van der Waals surface area contributed by atoms with Gasteiger partial charge in [0.25, 0.3) is 0 Å². The first kappa shape index (κ1) is 12.0. The van der Waals surface area contributed by atoms with Gasteiger partial charge in [0.1, 0.15) is 11.4 Å². The molecule has 2 rings (SSSR count). The molecule has 0 aliphatic heterocycles. The predicted octanol–water partition coefficient (Wildman–Crippen LogP) is 1.79. The van der Waals surface area contributed by atoms with Gasteiger partial charge in [-0.25, -0.2) is 4.98 Å². The Morgan fingerprint density at radius 2 is 2.18 bits per heavy atom. The number of rotatable bonds is 2. The Kier molecular flexibility index (Phi) is 3.15. The standard InChI is InChI=1S/C13H18N2O2/c1-9-4-6-13(17,7-5-9)11(16)10-3-2-8-15-12(10)14/h2-3,8-9,17H,4-7H2,1H3,(H2,14,15). The molecule has 0 aromatic carbocycles. The molecule has 0 radical (unpaired) electrons. The predicted molar refractivity (Wildman–Crippen MR) is 65.6 cm³/mol. The highest BCUT2D eigenvalue weighted by atomic mass is 16.3.